The van der Waals surface area contributed by atoms with Crippen LogP contribution in [0.5, 0.6) is 0 Å². The Labute approximate surface area is 169 Å². The third-order valence-electron chi connectivity index (χ3n) is 5.95. The van der Waals surface area contributed by atoms with Crippen LogP contribution in [0, 0.1) is 6.92 Å². The summed E-state index contributed by atoms with van der Waals surface area (Å²) in [5.74, 6) is 0.859. The molecule has 1 aromatic heterocycles. The molecule has 1 N–H and O–H groups in total. The average molecular weight is 399 g/mol. The van der Waals surface area contributed by atoms with Crippen molar-refractivity contribution in [3.8, 4) is 11.3 Å². The summed E-state index contributed by atoms with van der Waals surface area (Å²) in [6.45, 7) is 6.65. The molecule has 0 aliphatic carbocycles. The number of benzene rings is 1. The van der Waals surface area contributed by atoms with E-state index in [1.165, 1.54) is 16.0 Å². The van der Waals surface area contributed by atoms with Crippen molar-refractivity contribution in [3.63, 3.8) is 0 Å². The summed E-state index contributed by atoms with van der Waals surface area (Å²) in [5.41, 5.74) is 5.42. The van der Waals surface area contributed by atoms with Crippen molar-refractivity contribution in [3.05, 3.63) is 35.0 Å². The standard InChI is InChI=1S/C21H26N4O2S/c1-14-4-2-6-16-19-17(13-28-20(14)16)18(21(26)24-8-10-27-11-9-24)23-25(19)15-5-3-7-22-12-15/h2,4,6,15,22H,3,5,7-13H2,1H3. The number of aromatic nitrogens is 2. The van der Waals surface area contributed by atoms with Crippen LogP contribution in [0.4, 0.5) is 0 Å². The zero-order valence-corrected chi connectivity index (χ0v) is 17.1. The number of hydrogen-bond donors (Lipinski definition) is 1. The molecule has 1 amide bonds. The van der Waals surface area contributed by atoms with Crippen LogP contribution in [0.3, 0.4) is 0 Å². The van der Waals surface area contributed by atoms with Gasteiger partial charge < -0.3 is 15.0 Å². The molecule has 0 spiro atoms. The molecule has 3 aliphatic heterocycles. The molecule has 2 aromatic rings. The molecule has 6 nitrogen and oxygen atoms in total. The summed E-state index contributed by atoms with van der Waals surface area (Å²) in [6.07, 6.45) is 2.24. The normalized spacial score (nSPS) is 21.9. The molecule has 7 heteroatoms. The zero-order chi connectivity index (χ0) is 19.1. The highest BCUT2D eigenvalue weighted by molar-refractivity contribution is 7.98. The predicted molar refractivity (Wildman–Crippen MR) is 110 cm³/mol. The van der Waals surface area contributed by atoms with Crippen LogP contribution in [0.1, 0.15) is 40.5 Å². The highest BCUT2D eigenvalue weighted by Gasteiger charge is 2.34. The van der Waals surface area contributed by atoms with Crippen molar-refractivity contribution in [1.82, 2.24) is 20.0 Å². The van der Waals surface area contributed by atoms with Gasteiger partial charge in [-0.05, 0) is 31.9 Å². The Morgan fingerprint density at radius 2 is 2.18 bits per heavy atom. The minimum Gasteiger partial charge on any atom is -0.378 e. The summed E-state index contributed by atoms with van der Waals surface area (Å²) < 4.78 is 7.59. The molecule has 1 unspecified atom stereocenters. The van der Waals surface area contributed by atoms with Gasteiger partial charge in [0.1, 0.15) is 0 Å². The number of thioether (sulfide) groups is 1. The fourth-order valence-electron chi connectivity index (χ4n) is 4.46. The molecule has 2 saturated heterocycles. The smallest absolute Gasteiger partial charge is 0.274 e. The summed E-state index contributed by atoms with van der Waals surface area (Å²) in [7, 11) is 0. The lowest BCUT2D eigenvalue weighted by Gasteiger charge is -2.27. The van der Waals surface area contributed by atoms with Gasteiger partial charge in [-0.25, -0.2) is 0 Å². The number of aryl methyl sites for hydroxylation is 1. The van der Waals surface area contributed by atoms with Crippen LogP contribution in [0.25, 0.3) is 11.3 Å². The maximum atomic E-state index is 13.3. The summed E-state index contributed by atoms with van der Waals surface area (Å²) in [4.78, 5) is 16.5. The first-order chi connectivity index (χ1) is 13.7. The number of rotatable bonds is 2. The first kappa shape index (κ1) is 18.2. The maximum absolute atomic E-state index is 13.3. The quantitative estimate of drug-likeness (QED) is 0.843. The highest BCUT2D eigenvalue weighted by Crippen LogP contribution is 2.45. The van der Waals surface area contributed by atoms with E-state index in [1.807, 2.05) is 16.7 Å². The Morgan fingerprint density at radius 1 is 1.32 bits per heavy atom. The number of nitrogens with one attached hydrogen (secondary N) is 1. The number of ether oxygens (including phenoxy) is 1. The van der Waals surface area contributed by atoms with Gasteiger partial charge in [0.2, 0.25) is 0 Å². The number of piperidine rings is 1. The fraction of sp³-hybridized carbons (Fsp3) is 0.524. The van der Waals surface area contributed by atoms with Gasteiger partial charge in [-0.15, -0.1) is 11.8 Å². The Balaban J connectivity index is 1.63. The van der Waals surface area contributed by atoms with E-state index in [0.717, 1.165) is 42.9 Å². The van der Waals surface area contributed by atoms with Crippen LogP contribution in [0.15, 0.2) is 23.1 Å². The van der Waals surface area contributed by atoms with Crippen LogP contribution < -0.4 is 5.32 Å². The number of morpholine rings is 1. The van der Waals surface area contributed by atoms with Gasteiger partial charge in [0.05, 0.1) is 24.9 Å². The van der Waals surface area contributed by atoms with Crippen molar-refractivity contribution in [1.29, 1.82) is 0 Å². The van der Waals surface area contributed by atoms with Crippen LogP contribution >= 0.6 is 11.8 Å². The van der Waals surface area contributed by atoms with E-state index < -0.39 is 0 Å². The largest absolute Gasteiger partial charge is 0.378 e. The minimum atomic E-state index is 0.0544. The molecule has 1 aromatic carbocycles. The number of nitrogens with zero attached hydrogens (tertiary/aromatic N) is 3. The Hall–Kier alpha value is -1.83. The molecule has 0 radical (unpaired) electrons. The Kier molecular flexibility index (Phi) is 4.90. The molecular formula is C21H26N4O2S. The van der Waals surface area contributed by atoms with Gasteiger partial charge in [-0.3, -0.25) is 9.48 Å². The van der Waals surface area contributed by atoms with Gasteiger partial charge in [0.15, 0.2) is 5.69 Å². The van der Waals surface area contributed by atoms with Crippen molar-refractivity contribution >= 4 is 17.7 Å². The van der Waals surface area contributed by atoms with E-state index in [4.69, 9.17) is 9.84 Å². The lowest BCUT2D eigenvalue weighted by molar-refractivity contribution is 0.0297. The van der Waals surface area contributed by atoms with Crippen molar-refractivity contribution in [2.75, 3.05) is 39.4 Å². The summed E-state index contributed by atoms with van der Waals surface area (Å²) in [5, 5.41) is 8.45. The number of carbonyl (C=O) groups is 1. The summed E-state index contributed by atoms with van der Waals surface area (Å²) in [6, 6.07) is 6.76. The zero-order valence-electron chi connectivity index (χ0n) is 16.2. The van der Waals surface area contributed by atoms with E-state index in [-0.39, 0.29) is 5.91 Å². The van der Waals surface area contributed by atoms with Crippen molar-refractivity contribution < 1.29 is 9.53 Å². The van der Waals surface area contributed by atoms with E-state index in [9.17, 15) is 4.79 Å². The van der Waals surface area contributed by atoms with E-state index in [0.29, 0.717) is 38.0 Å². The minimum absolute atomic E-state index is 0.0544. The second-order valence-corrected chi connectivity index (χ2v) is 8.75. The number of amides is 1. The van der Waals surface area contributed by atoms with E-state index >= 15 is 0 Å². The fourth-order valence-corrected chi connectivity index (χ4v) is 5.64. The average Bonchev–Trinajstić information content (AvgIpc) is 3.15. The second-order valence-electron chi connectivity index (χ2n) is 7.77. The van der Waals surface area contributed by atoms with E-state index in [1.54, 1.807) is 0 Å². The van der Waals surface area contributed by atoms with Gasteiger partial charge in [-0.2, -0.15) is 5.10 Å². The van der Waals surface area contributed by atoms with Gasteiger partial charge in [0, 0.05) is 41.4 Å². The summed E-state index contributed by atoms with van der Waals surface area (Å²) >= 11 is 1.83. The van der Waals surface area contributed by atoms with E-state index in [2.05, 4.69) is 35.1 Å². The topological polar surface area (TPSA) is 59.4 Å². The molecule has 0 saturated carbocycles. The molecule has 28 heavy (non-hydrogen) atoms. The monoisotopic (exact) mass is 398 g/mol. The molecule has 4 heterocycles. The lowest BCUT2D eigenvalue weighted by Crippen LogP contribution is -2.41. The molecule has 1 atom stereocenters. The van der Waals surface area contributed by atoms with Gasteiger partial charge in [-0.1, -0.05) is 18.2 Å². The SMILES string of the molecule is Cc1cccc2c1SCc1c(C(=O)N3CCOCC3)nn(C3CCCNC3)c1-2. The number of fused-ring (bicyclic) bond motifs is 3. The molecular weight excluding hydrogens is 372 g/mol. The third-order valence-corrected chi connectivity index (χ3v) is 7.22. The Morgan fingerprint density at radius 3 is 2.96 bits per heavy atom. The lowest BCUT2D eigenvalue weighted by atomic mass is 10.0. The molecule has 148 valence electrons. The number of carbonyl (C=O) groups excluding carboxylic acids is 1. The first-order valence-corrected chi connectivity index (χ1v) is 11.1. The Bertz CT molecular complexity index is 898. The third kappa shape index (κ3) is 3.06. The second kappa shape index (κ2) is 7.54. The van der Waals surface area contributed by atoms with Crippen LogP contribution in [-0.4, -0.2) is 60.0 Å². The van der Waals surface area contributed by atoms with Crippen LogP contribution in [0.2, 0.25) is 0 Å². The van der Waals surface area contributed by atoms with Crippen molar-refractivity contribution in [2.24, 2.45) is 0 Å². The molecule has 5 rings (SSSR count). The van der Waals surface area contributed by atoms with Crippen LogP contribution in [-0.2, 0) is 10.5 Å². The maximum Gasteiger partial charge on any atom is 0.274 e. The first-order valence-electron chi connectivity index (χ1n) is 10.2. The molecule has 2 fully saturated rings. The number of hydrogen-bond acceptors (Lipinski definition) is 5. The molecule has 3 aliphatic rings. The molecule has 0 bridgehead atoms. The highest BCUT2D eigenvalue weighted by atomic mass is 32.2. The van der Waals surface area contributed by atoms with Gasteiger partial charge in [0.25, 0.3) is 5.91 Å². The van der Waals surface area contributed by atoms with Gasteiger partial charge >= 0.3 is 0 Å². The predicted octanol–water partition coefficient (Wildman–Crippen LogP) is 2.86. The van der Waals surface area contributed by atoms with Crippen molar-refractivity contribution in [2.45, 2.75) is 36.5 Å².